The van der Waals surface area contributed by atoms with E-state index < -0.39 is 0 Å². The van der Waals surface area contributed by atoms with Gasteiger partial charge in [-0.3, -0.25) is 4.79 Å². The first-order chi connectivity index (χ1) is 16.1. The van der Waals surface area contributed by atoms with E-state index in [2.05, 4.69) is 26.2 Å². The van der Waals surface area contributed by atoms with Crippen LogP contribution in [0.5, 0.6) is 0 Å². The molecule has 0 bridgehead atoms. The van der Waals surface area contributed by atoms with Gasteiger partial charge >= 0.3 is 0 Å². The van der Waals surface area contributed by atoms with E-state index in [1.165, 1.54) is 0 Å². The molecule has 0 saturated carbocycles. The second-order valence-electron chi connectivity index (χ2n) is 7.44. The van der Waals surface area contributed by atoms with Crippen LogP contribution < -0.4 is 5.32 Å². The third-order valence-electron chi connectivity index (χ3n) is 5.00. The number of rotatable bonds is 7. The van der Waals surface area contributed by atoms with Crippen molar-refractivity contribution in [2.75, 3.05) is 5.32 Å². The van der Waals surface area contributed by atoms with Crippen molar-refractivity contribution in [3.8, 4) is 11.3 Å². The number of anilines is 1. The largest absolute Gasteiger partial charge is 0.392 e. The van der Waals surface area contributed by atoms with Crippen molar-refractivity contribution in [2.45, 2.75) is 13.0 Å². The number of aromatic nitrogens is 2. The first kappa shape index (κ1) is 22.6. The molecule has 2 N–H and O–H groups in total. The van der Waals surface area contributed by atoms with Gasteiger partial charge in [0.1, 0.15) is 5.69 Å². The van der Waals surface area contributed by atoms with Crippen LogP contribution in [0.1, 0.15) is 22.4 Å². The molecular formula is C27H22BrN3O2. The summed E-state index contributed by atoms with van der Waals surface area (Å²) in [6.07, 6.45) is 5.67. The van der Waals surface area contributed by atoms with Crippen molar-refractivity contribution in [3.63, 3.8) is 0 Å². The molecule has 1 heterocycles. The summed E-state index contributed by atoms with van der Waals surface area (Å²) in [4.78, 5) is 21.9. The maximum atomic E-state index is 12.7. The smallest absolute Gasteiger partial charge is 0.230 e. The molecule has 0 atom stereocenters. The molecule has 6 heteroatoms. The van der Waals surface area contributed by atoms with Crippen LogP contribution in [0.4, 0.5) is 5.82 Å². The molecule has 0 fully saturated rings. The van der Waals surface area contributed by atoms with E-state index in [4.69, 9.17) is 4.98 Å². The molecule has 3 aromatic carbocycles. The average Bonchev–Trinajstić information content (AvgIpc) is 2.85. The monoisotopic (exact) mass is 499 g/mol. The second-order valence-corrected chi connectivity index (χ2v) is 8.36. The number of nitrogens with zero attached hydrogens (tertiary/aromatic N) is 2. The molecule has 0 aliphatic rings. The minimum Gasteiger partial charge on any atom is -0.392 e. The summed E-state index contributed by atoms with van der Waals surface area (Å²) in [6, 6.07) is 25.0. The molecule has 4 aromatic rings. The fraction of sp³-hybridized carbons (Fsp3) is 0.0741. The van der Waals surface area contributed by atoms with Crippen LogP contribution >= 0.6 is 15.9 Å². The van der Waals surface area contributed by atoms with Crippen molar-refractivity contribution in [2.24, 2.45) is 0 Å². The molecule has 0 unspecified atom stereocenters. The van der Waals surface area contributed by atoms with E-state index >= 15 is 0 Å². The normalized spacial score (nSPS) is 11.0. The van der Waals surface area contributed by atoms with Gasteiger partial charge in [-0.15, -0.1) is 0 Å². The summed E-state index contributed by atoms with van der Waals surface area (Å²) < 4.78 is 0.966. The van der Waals surface area contributed by atoms with Gasteiger partial charge in [0.15, 0.2) is 5.82 Å². The first-order valence-corrected chi connectivity index (χ1v) is 11.2. The van der Waals surface area contributed by atoms with E-state index in [-0.39, 0.29) is 18.9 Å². The SMILES string of the molecule is O=C(Cc1ccc(Br)cc1)Nc1ncc(-c2ccc(CO)cc2)nc1/C=C/c1ccccc1. The predicted octanol–water partition coefficient (Wildman–Crippen LogP) is 5.75. The van der Waals surface area contributed by atoms with E-state index in [1.807, 2.05) is 91.0 Å². The highest BCUT2D eigenvalue weighted by Gasteiger charge is 2.11. The van der Waals surface area contributed by atoms with Crippen LogP contribution in [0, 0.1) is 0 Å². The summed E-state index contributed by atoms with van der Waals surface area (Å²) in [6.45, 7) is -0.0135. The summed E-state index contributed by atoms with van der Waals surface area (Å²) in [7, 11) is 0. The van der Waals surface area contributed by atoms with Crippen molar-refractivity contribution in [1.29, 1.82) is 0 Å². The fourth-order valence-corrected chi connectivity index (χ4v) is 3.50. The molecule has 5 nitrogen and oxygen atoms in total. The Balaban J connectivity index is 1.61. The Morgan fingerprint density at radius 1 is 0.909 bits per heavy atom. The number of halogens is 1. The lowest BCUT2D eigenvalue weighted by Gasteiger charge is -2.10. The van der Waals surface area contributed by atoms with E-state index in [9.17, 15) is 9.90 Å². The number of aliphatic hydroxyl groups is 1. The number of nitrogens with one attached hydrogen (secondary N) is 1. The third-order valence-corrected chi connectivity index (χ3v) is 5.53. The maximum absolute atomic E-state index is 12.7. The lowest BCUT2D eigenvalue weighted by atomic mass is 10.1. The summed E-state index contributed by atoms with van der Waals surface area (Å²) in [5.74, 6) is 0.237. The molecule has 0 radical (unpaired) electrons. The topological polar surface area (TPSA) is 75.1 Å². The zero-order valence-corrected chi connectivity index (χ0v) is 19.4. The van der Waals surface area contributed by atoms with Gasteiger partial charge in [0.25, 0.3) is 0 Å². The average molecular weight is 500 g/mol. The Morgan fingerprint density at radius 3 is 2.30 bits per heavy atom. The van der Waals surface area contributed by atoms with Gasteiger partial charge in [0, 0.05) is 10.0 Å². The minimum absolute atomic E-state index is 0.0135. The quantitative estimate of drug-likeness (QED) is 0.339. The summed E-state index contributed by atoms with van der Waals surface area (Å²) in [5, 5.41) is 12.2. The Kier molecular flexibility index (Phi) is 7.40. The minimum atomic E-state index is -0.166. The maximum Gasteiger partial charge on any atom is 0.230 e. The van der Waals surface area contributed by atoms with Crippen molar-refractivity contribution < 1.29 is 9.90 Å². The molecule has 1 aromatic heterocycles. The highest BCUT2D eigenvalue weighted by molar-refractivity contribution is 9.10. The Morgan fingerprint density at radius 2 is 1.61 bits per heavy atom. The van der Waals surface area contributed by atoms with Gasteiger partial charge in [-0.05, 0) is 34.9 Å². The van der Waals surface area contributed by atoms with Crippen LogP contribution in [-0.2, 0) is 17.8 Å². The Hall–Kier alpha value is -3.61. The van der Waals surface area contributed by atoms with E-state index in [1.54, 1.807) is 6.20 Å². The molecule has 0 aliphatic heterocycles. The lowest BCUT2D eigenvalue weighted by Crippen LogP contribution is -2.16. The molecule has 164 valence electrons. The summed E-state index contributed by atoms with van der Waals surface area (Å²) >= 11 is 3.41. The number of aliphatic hydroxyl groups excluding tert-OH is 1. The lowest BCUT2D eigenvalue weighted by molar-refractivity contribution is -0.115. The van der Waals surface area contributed by atoms with E-state index in [0.717, 1.165) is 26.7 Å². The highest BCUT2D eigenvalue weighted by atomic mass is 79.9. The number of hydrogen-bond donors (Lipinski definition) is 2. The number of amides is 1. The van der Waals surface area contributed by atoms with Gasteiger partial charge in [-0.25, -0.2) is 9.97 Å². The summed E-state index contributed by atoms with van der Waals surface area (Å²) in [5.41, 5.74) is 4.87. The molecule has 33 heavy (non-hydrogen) atoms. The van der Waals surface area contributed by atoms with Gasteiger partial charge < -0.3 is 10.4 Å². The zero-order valence-electron chi connectivity index (χ0n) is 17.8. The molecular weight excluding hydrogens is 478 g/mol. The van der Waals surface area contributed by atoms with Gasteiger partial charge in [0.05, 0.1) is 24.9 Å². The zero-order chi connectivity index (χ0) is 23.0. The molecule has 0 aliphatic carbocycles. The fourth-order valence-electron chi connectivity index (χ4n) is 3.24. The highest BCUT2D eigenvalue weighted by Crippen LogP contribution is 2.22. The Bertz CT molecular complexity index is 1260. The molecule has 0 spiro atoms. The molecule has 0 saturated heterocycles. The second kappa shape index (κ2) is 10.8. The Labute approximate surface area is 201 Å². The van der Waals surface area contributed by atoms with Gasteiger partial charge in [0.2, 0.25) is 5.91 Å². The first-order valence-electron chi connectivity index (χ1n) is 10.5. The van der Waals surface area contributed by atoms with Crippen LogP contribution in [0.2, 0.25) is 0 Å². The number of hydrogen-bond acceptors (Lipinski definition) is 4. The third kappa shape index (κ3) is 6.22. The van der Waals surface area contributed by atoms with Crippen LogP contribution in [0.15, 0.2) is 89.5 Å². The van der Waals surface area contributed by atoms with Crippen molar-refractivity contribution in [1.82, 2.24) is 9.97 Å². The van der Waals surface area contributed by atoms with Crippen molar-refractivity contribution in [3.05, 3.63) is 112 Å². The molecule has 1 amide bonds. The van der Waals surface area contributed by atoms with Gasteiger partial charge in [-0.1, -0.05) is 88.7 Å². The van der Waals surface area contributed by atoms with Crippen LogP contribution in [0.25, 0.3) is 23.4 Å². The molecule has 4 rings (SSSR count). The van der Waals surface area contributed by atoms with E-state index in [0.29, 0.717) is 17.2 Å². The van der Waals surface area contributed by atoms with Crippen LogP contribution in [0.3, 0.4) is 0 Å². The number of carbonyl (C=O) groups excluding carboxylic acids is 1. The number of benzene rings is 3. The predicted molar refractivity (Wildman–Crippen MR) is 135 cm³/mol. The van der Waals surface area contributed by atoms with Crippen LogP contribution in [-0.4, -0.2) is 21.0 Å². The standard InChI is InChI=1S/C27H22BrN3O2/c28-23-13-8-20(9-14-23)16-26(33)31-27-24(15-10-19-4-2-1-3-5-19)30-25(17-29-27)22-11-6-21(18-32)7-12-22/h1-15,17,32H,16,18H2,(H,29,31,33)/b15-10+. The van der Waals surface area contributed by atoms with Gasteiger partial charge in [-0.2, -0.15) is 0 Å². The van der Waals surface area contributed by atoms with Crippen molar-refractivity contribution >= 4 is 39.8 Å². The number of carbonyl (C=O) groups is 1.